The van der Waals surface area contributed by atoms with E-state index >= 15 is 0 Å². The molecule has 2 aliphatic heterocycles. The molecule has 0 atom stereocenters. The molecule has 2 N–H and O–H groups in total. The molecule has 14 heteroatoms. The minimum Gasteiger partial charge on any atom is -1.00 e. The average molecular weight is 647 g/mol. The van der Waals surface area contributed by atoms with Crippen molar-refractivity contribution in [2.75, 3.05) is 60.5 Å². The van der Waals surface area contributed by atoms with Crippen LogP contribution in [0.5, 0.6) is 0 Å². The number of unbranched alkanes of at least 4 members (excludes halogenated alkanes) is 2. The van der Waals surface area contributed by atoms with E-state index in [2.05, 4.69) is 32.6 Å². The van der Waals surface area contributed by atoms with Gasteiger partial charge in [-0.3, -0.25) is 0 Å². The number of halogens is 5. The molecule has 0 aromatic carbocycles. The Morgan fingerprint density at radius 3 is 1.13 bits per heavy atom. The molecule has 0 aromatic rings. The van der Waals surface area contributed by atoms with Crippen LogP contribution < -0.4 is 128 Å². The molecule has 2 aliphatic rings. The summed E-state index contributed by atoms with van der Waals surface area (Å²) in [6.45, 7) is 9.12. The summed E-state index contributed by atoms with van der Waals surface area (Å²) in [5.41, 5.74) is 0. The molecule has 2 heterocycles. The standard InChI is InChI=1S/2C9H20N.C3H3BN2O.CF3.2CH4.2ClH.2K.H2O/c2*1-3-4-7-10(2)8-5-6-9-10;1-7-4(2-5)3-6;2-1(3)4;;;;;;;/h2*3-9H2,1-2H3;1H3;;2*1H4;2*1H;;;1H2/q2*+1;;-1;;;;;2*+1;/p-2. The van der Waals surface area contributed by atoms with E-state index in [1.54, 1.807) is 11.9 Å². The molecule has 220 valence electrons. The first-order chi connectivity index (χ1) is 14.6. The van der Waals surface area contributed by atoms with Gasteiger partial charge in [-0.1, -0.05) is 41.5 Å². The zero-order valence-electron chi connectivity index (χ0n) is 23.6. The molecule has 6 nitrogen and oxygen atoms in total. The van der Waals surface area contributed by atoms with Crippen molar-refractivity contribution in [1.82, 2.24) is 0 Å². The first-order valence-corrected chi connectivity index (χ1v) is 11.4. The number of rotatable bonds is 7. The summed E-state index contributed by atoms with van der Waals surface area (Å²) in [6.07, 6.45) is 11.4. The predicted octanol–water partition coefficient (Wildman–Crippen LogP) is -6.39. The molecule has 2 fully saturated rings. The minimum atomic E-state index is -3.08. The van der Waals surface area contributed by atoms with Crippen LogP contribution in [0.25, 0.3) is 0 Å². The Balaban J connectivity index is -0.0000000413. The average Bonchev–Trinajstić information content (AvgIpc) is 3.36. The number of hydrogen-bond acceptors (Lipinski definition) is 3. The molecule has 0 bridgehead atoms. The van der Waals surface area contributed by atoms with Gasteiger partial charge in [0.2, 0.25) is 0 Å². The first kappa shape index (κ1) is 63.7. The Kier molecular flexibility index (Phi) is 69.8. The molecule has 2 rings (SSSR count). The van der Waals surface area contributed by atoms with Gasteiger partial charge in [-0.2, -0.15) is 0 Å². The Morgan fingerprint density at radius 2 is 1.00 bits per heavy atom. The van der Waals surface area contributed by atoms with Crippen molar-refractivity contribution in [1.29, 1.82) is 10.5 Å². The summed E-state index contributed by atoms with van der Waals surface area (Å²) >= 11 is 0. The van der Waals surface area contributed by atoms with Crippen LogP contribution in [-0.4, -0.2) is 81.8 Å². The number of nitriles is 2. The van der Waals surface area contributed by atoms with Crippen molar-refractivity contribution in [3.8, 4) is 11.9 Å². The quantitative estimate of drug-likeness (QED) is 0.157. The fourth-order valence-electron chi connectivity index (χ4n) is 3.86. The maximum absolute atomic E-state index is 9.58. The van der Waals surface area contributed by atoms with Crippen molar-refractivity contribution in [2.24, 2.45) is 0 Å². The molecular weight excluding hydrogens is 593 g/mol. The van der Waals surface area contributed by atoms with Crippen LogP contribution in [-0.2, 0) is 4.65 Å². The summed E-state index contributed by atoms with van der Waals surface area (Å²) in [5.74, 6) is 3.24. The van der Waals surface area contributed by atoms with Crippen molar-refractivity contribution in [3.05, 3.63) is 6.68 Å². The third-order valence-corrected chi connectivity index (χ3v) is 5.87. The van der Waals surface area contributed by atoms with Gasteiger partial charge in [0.25, 0.3) is 0 Å². The van der Waals surface area contributed by atoms with Crippen LogP contribution in [0.2, 0.25) is 0 Å². The van der Waals surface area contributed by atoms with Crippen LogP contribution in [0.4, 0.5) is 13.2 Å². The van der Waals surface area contributed by atoms with Crippen LogP contribution in [0, 0.1) is 29.1 Å². The van der Waals surface area contributed by atoms with Gasteiger partial charge in [0, 0.05) is 32.8 Å². The van der Waals surface area contributed by atoms with E-state index in [0.717, 1.165) is 0 Å². The summed E-state index contributed by atoms with van der Waals surface area (Å²) in [4.78, 5) is 0. The molecule has 0 radical (unpaired) electrons. The fourth-order valence-corrected chi connectivity index (χ4v) is 3.86. The second kappa shape index (κ2) is 41.7. The van der Waals surface area contributed by atoms with Crippen LogP contribution >= 0.6 is 0 Å². The van der Waals surface area contributed by atoms with E-state index in [9.17, 15) is 13.2 Å². The maximum atomic E-state index is 9.58. The molecule has 0 aromatic heterocycles. The Labute approximate surface area is 331 Å². The topological polar surface area (TPSA) is 88.3 Å². The molecule has 38 heavy (non-hydrogen) atoms. The van der Waals surface area contributed by atoms with E-state index in [-0.39, 0.29) is 148 Å². The van der Waals surface area contributed by atoms with Gasteiger partial charge in [-0.15, -0.1) is 0 Å². The zero-order valence-corrected chi connectivity index (χ0v) is 31.3. The molecule has 0 amide bonds. The van der Waals surface area contributed by atoms with E-state index < -0.39 is 13.6 Å². The fraction of sp³-hybridized carbons (Fsp3) is 0.875. The molecular formula is C24H53BCl2F3K2N4O2+. The third kappa shape index (κ3) is 40.7. The van der Waals surface area contributed by atoms with E-state index in [4.69, 9.17) is 10.5 Å². The van der Waals surface area contributed by atoms with Gasteiger partial charge in [0.1, 0.15) is 0 Å². The monoisotopic (exact) mass is 645 g/mol. The van der Waals surface area contributed by atoms with Gasteiger partial charge in [0.15, 0.2) is 6.68 Å². The van der Waals surface area contributed by atoms with Gasteiger partial charge in [-0.05, 0) is 12.8 Å². The molecule has 0 unspecified atom stereocenters. The second-order valence-electron chi connectivity index (χ2n) is 8.79. The van der Waals surface area contributed by atoms with Gasteiger partial charge in [0.05, 0.1) is 65.3 Å². The van der Waals surface area contributed by atoms with Crippen molar-refractivity contribution in [2.45, 2.75) is 80.1 Å². The second-order valence-corrected chi connectivity index (χ2v) is 8.79. The van der Waals surface area contributed by atoms with Gasteiger partial charge < -0.3 is 57.1 Å². The number of likely N-dealkylation sites (tertiary alicyclic amines) is 2. The minimum absolute atomic E-state index is 0. The van der Waals surface area contributed by atoms with Crippen molar-refractivity contribution in [3.63, 3.8) is 0 Å². The SMILES string of the molecule is C.C.CCCC[N+]1(C)CCCC1.CCCC[N+]1(C)CCCC1.COB(C#N)C#N.F[C-](F)F.O.[Cl-].[Cl-].[K+].[K+]. The Hall–Kier alpha value is 2.53. The molecule has 0 aliphatic carbocycles. The summed E-state index contributed by atoms with van der Waals surface area (Å²) < 4.78 is 35.8. The van der Waals surface area contributed by atoms with Crippen LogP contribution in [0.3, 0.4) is 0 Å². The van der Waals surface area contributed by atoms with Crippen LogP contribution in [0.1, 0.15) is 80.1 Å². The van der Waals surface area contributed by atoms with E-state index in [1.807, 2.05) is 0 Å². The molecule has 2 saturated heterocycles. The number of nitrogens with zero attached hydrogens (tertiary/aromatic N) is 4. The number of hydrogen-bond donors (Lipinski definition) is 0. The summed E-state index contributed by atoms with van der Waals surface area (Å²) in [5, 5.41) is 15.9. The molecule has 0 saturated carbocycles. The maximum Gasteiger partial charge on any atom is 1.00 e. The largest absolute Gasteiger partial charge is 1.00 e. The summed E-state index contributed by atoms with van der Waals surface area (Å²) in [7, 11) is 6.13. The Morgan fingerprint density at radius 1 is 0.763 bits per heavy atom. The Bertz CT molecular complexity index is 485. The van der Waals surface area contributed by atoms with Crippen molar-refractivity contribution < 1.29 is 160 Å². The normalized spacial score (nSPS) is 14.4. The smallest absolute Gasteiger partial charge is 1.00 e. The van der Waals surface area contributed by atoms with Gasteiger partial charge >= 0.3 is 110 Å². The van der Waals surface area contributed by atoms with Crippen LogP contribution in [0.15, 0.2) is 0 Å². The first-order valence-electron chi connectivity index (χ1n) is 11.4. The number of quaternary nitrogens is 2. The molecule has 0 spiro atoms. The predicted molar refractivity (Wildman–Crippen MR) is 137 cm³/mol. The van der Waals surface area contributed by atoms with E-state index in [0.29, 0.717) is 0 Å². The summed E-state index contributed by atoms with van der Waals surface area (Å²) in [6, 6.07) is 0. The van der Waals surface area contributed by atoms with E-state index in [1.165, 1.54) is 107 Å². The van der Waals surface area contributed by atoms with Crippen molar-refractivity contribution >= 4 is 6.92 Å². The third-order valence-electron chi connectivity index (χ3n) is 5.87. The van der Waals surface area contributed by atoms with Gasteiger partial charge in [-0.25, -0.2) is 10.5 Å². The zero-order chi connectivity index (χ0) is 24.2.